The average molecular weight is 367 g/mol. The third kappa shape index (κ3) is 4.30. The van der Waals surface area contributed by atoms with Gasteiger partial charge in [-0.1, -0.05) is 54.1 Å². The fourth-order valence-electron chi connectivity index (χ4n) is 2.24. The van der Waals surface area contributed by atoms with Crippen LogP contribution in [0.25, 0.3) is 0 Å². The number of hydrogen-bond donors (Lipinski definition) is 0. The first-order valence-electron chi connectivity index (χ1n) is 7.74. The molecular formula is C20H17NO2S2. The zero-order valence-electron chi connectivity index (χ0n) is 13.7. The topological polar surface area (TPSA) is 37.4 Å². The van der Waals surface area contributed by atoms with Gasteiger partial charge < -0.3 is 0 Å². The molecule has 1 heterocycles. The molecule has 3 aromatic rings. The van der Waals surface area contributed by atoms with Crippen molar-refractivity contribution < 1.29 is 8.42 Å². The molecule has 0 fully saturated rings. The van der Waals surface area contributed by atoms with Crippen LogP contribution in [-0.4, -0.2) is 12.7 Å². The minimum atomic E-state index is -3.70. The predicted octanol–water partition coefficient (Wildman–Crippen LogP) is 4.26. The number of sulfonamides is 1. The van der Waals surface area contributed by atoms with Crippen molar-refractivity contribution in [3.05, 3.63) is 88.1 Å². The number of aryl methyl sites for hydroxylation is 1. The maximum absolute atomic E-state index is 13.0. The van der Waals surface area contributed by atoms with Crippen molar-refractivity contribution in [1.29, 1.82) is 0 Å². The van der Waals surface area contributed by atoms with Gasteiger partial charge >= 0.3 is 0 Å². The normalized spacial score (nSPS) is 10.8. The van der Waals surface area contributed by atoms with Gasteiger partial charge in [-0.3, -0.25) is 0 Å². The van der Waals surface area contributed by atoms with Gasteiger partial charge in [-0.25, -0.2) is 12.7 Å². The van der Waals surface area contributed by atoms with Crippen LogP contribution in [0.2, 0.25) is 0 Å². The molecule has 0 radical (unpaired) electrons. The van der Waals surface area contributed by atoms with Gasteiger partial charge in [0, 0.05) is 6.04 Å². The molecule has 0 atom stereocenters. The molecule has 0 bridgehead atoms. The number of nitrogens with zero attached hydrogens (tertiary/aromatic N) is 1. The third-order valence-electron chi connectivity index (χ3n) is 3.60. The Kier molecular flexibility index (Phi) is 5.22. The summed E-state index contributed by atoms with van der Waals surface area (Å²) in [6.45, 7) is 2.13. The van der Waals surface area contributed by atoms with E-state index in [4.69, 9.17) is 0 Å². The average Bonchev–Trinajstić information content (AvgIpc) is 3.13. The van der Waals surface area contributed by atoms with Gasteiger partial charge in [-0.15, -0.1) is 11.3 Å². The van der Waals surface area contributed by atoms with E-state index in [-0.39, 0.29) is 11.4 Å². The summed E-state index contributed by atoms with van der Waals surface area (Å²) < 4.78 is 27.3. The molecule has 0 amide bonds. The zero-order valence-corrected chi connectivity index (χ0v) is 15.3. The van der Waals surface area contributed by atoms with Crippen LogP contribution in [0.5, 0.6) is 0 Å². The van der Waals surface area contributed by atoms with E-state index in [1.807, 2.05) is 54.8 Å². The molecule has 126 valence electrons. The summed E-state index contributed by atoms with van der Waals surface area (Å²) in [5, 5.41) is 1.92. The Bertz CT molecular complexity index is 981. The van der Waals surface area contributed by atoms with E-state index in [2.05, 4.69) is 12.0 Å². The van der Waals surface area contributed by atoms with Crippen LogP contribution >= 0.6 is 11.3 Å². The number of benzene rings is 2. The number of hydrogen-bond acceptors (Lipinski definition) is 3. The van der Waals surface area contributed by atoms with Gasteiger partial charge in [0.25, 0.3) is 10.0 Å². The molecule has 0 aliphatic rings. The first-order valence-corrected chi connectivity index (χ1v) is 10.1. The van der Waals surface area contributed by atoms with Crippen LogP contribution in [0.4, 0.5) is 0 Å². The SMILES string of the molecule is Cc1ccc(S(=O)(=O)N(C#Cc2cccs2)Cc2ccccc2)cc1. The Morgan fingerprint density at radius 2 is 1.68 bits per heavy atom. The second-order valence-electron chi connectivity index (χ2n) is 5.52. The van der Waals surface area contributed by atoms with E-state index in [1.54, 1.807) is 24.3 Å². The Labute approximate surface area is 152 Å². The lowest BCUT2D eigenvalue weighted by atomic mass is 10.2. The summed E-state index contributed by atoms with van der Waals surface area (Å²) in [6.07, 6.45) is 0. The molecule has 5 heteroatoms. The highest BCUT2D eigenvalue weighted by molar-refractivity contribution is 7.89. The molecule has 2 aromatic carbocycles. The second kappa shape index (κ2) is 7.56. The maximum atomic E-state index is 13.0. The molecular weight excluding hydrogens is 350 g/mol. The largest absolute Gasteiger partial charge is 0.271 e. The molecule has 0 N–H and O–H groups in total. The van der Waals surface area contributed by atoms with Crippen LogP contribution < -0.4 is 0 Å². The number of thiophene rings is 1. The van der Waals surface area contributed by atoms with Crippen LogP contribution in [-0.2, 0) is 16.6 Å². The van der Waals surface area contributed by atoms with E-state index in [9.17, 15) is 8.42 Å². The summed E-state index contributed by atoms with van der Waals surface area (Å²) in [7, 11) is -3.70. The quantitative estimate of drug-likeness (QED) is 0.510. The fraction of sp³-hybridized carbons (Fsp3) is 0.100. The molecule has 25 heavy (non-hydrogen) atoms. The van der Waals surface area contributed by atoms with E-state index in [0.717, 1.165) is 16.0 Å². The van der Waals surface area contributed by atoms with E-state index in [1.165, 1.54) is 15.6 Å². The number of rotatable bonds is 4. The van der Waals surface area contributed by atoms with Gasteiger partial charge in [-0.05, 0) is 42.0 Å². The summed E-state index contributed by atoms with van der Waals surface area (Å²) in [5.41, 5.74) is 1.90. The Hall–Kier alpha value is -2.55. The molecule has 0 unspecified atom stereocenters. The molecule has 0 aliphatic heterocycles. The molecule has 1 aromatic heterocycles. The lowest BCUT2D eigenvalue weighted by Gasteiger charge is -2.18. The fourth-order valence-corrected chi connectivity index (χ4v) is 4.02. The van der Waals surface area contributed by atoms with E-state index in [0.29, 0.717) is 0 Å². The van der Waals surface area contributed by atoms with Crippen LogP contribution in [0.3, 0.4) is 0 Å². The van der Waals surface area contributed by atoms with Crippen molar-refractivity contribution in [2.45, 2.75) is 18.4 Å². The minimum absolute atomic E-state index is 0.204. The Balaban J connectivity index is 1.98. The summed E-state index contributed by atoms with van der Waals surface area (Å²) in [5.74, 6) is 2.95. The molecule has 0 spiro atoms. The van der Waals surface area contributed by atoms with E-state index < -0.39 is 10.0 Å². The van der Waals surface area contributed by atoms with Crippen molar-refractivity contribution in [3.63, 3.8) is 0 Å². The molecule has 3 rings (SSSR count). The highest BCUT2D eigenvalue weighted by Crippen LogP contribution is 2.19. The van der Waals surface area contributed by atoms with Crippen LogP contribution in [0, 0.1) is 18.9 Å². The van der Waals surface area contributed by atoms with Gasteiger partial charge in [0.05, 0.1) is 16.3 Å². The summed E-state index contributed by atoms with van der Waals surface area (Å²) >= 11 is 1.48. The minimum Gasteiger partial charge on any atom is -0.220 e. The highest BCUT2D eigenvalue weighted by atomic mass is 32.2. The van der Waals surface area contributed by atoms with Crippen molar-refractivity contribution in [2.75, 3.05) is 0 Å². The lowest BCUT2D eigenvalue weighted by molar-refractivity contribution is 0.508. The monoisotopic (exact) mass is 367 g/mol. The zero-order chi connectivity index (χ0) is 17.7. The lowest BCUT2D eigenvalue weighted by Crippen LogP contribution is -2.26. The first kappa shape index (κ1) is 17.3. The van der Waals surface area contributed by atoms with Crippen molar-refractivity contribution in [2.24, 2.45) is 0 Å². The van der Waals surface area contributed by atoms with Gasteiger partial charge in [0.15, 0.2) is 0 Å². The van der Waals surface area contributed by atoms with Crippen molar-refractivity contribution >= 4 is 21.4 Å². The predicted molar refractivity (Wildman–Crippen MR) is 102 cm³/mol. The summed E-state index contributed by atoms with van der Waals surface area (Å²) in [6, 6.07) is 22.9. The standard InChI is InChI=1S/C20H17NO2S2/c1-17-9-11-20(12-10-17)25(22,23)21(14-13-19-8-5-15-24-19)16-18-6-3-2-4-7-18/h2-12,15H,16H2,1H3. The second-order valence-corrected chi connectivity index (χ2v) is 8.33. The van der Waals surface area contributed by atoms with Crippen LogP contribution in [0.15, 0.2) is 77.0 Å². The molecule has 0 saturated carbocycles. The molecule has 3 nitrogen and oxygen atoms in total. The smallest absolute Gasteiger partial charge is 0.220 e. The summed E-state index contributed by atoms with van der Waals surface area (Å²) in [4.78, 5) is 1.08. The maximum Gasteiger partial charge on any atom is 0.271 e. The first-order chi connectivity index (χ1) is 12.1. The highest BCUT2D eigenvalue weighted by Gasteiger charge is 2.22. The Morgan fingerprint density at radius 3 is 2.32 bits per heavy atom. The van der Waals surface area contributed by atoms with Gasteiger partial charge in [-0.2, -0.15) is 0 Å². The van der Waals surface area contributed by atoms with Gasteiger partial charge in [0.1, 0.15) is 0 Å². The molecule has 0 aliphatic carbocycles. The Morgan fingerprint density at radius 1 is 0.960 bits per heavy atom. The molecule has 0 saturated heterocycles. The van der Waals surface area contributed by atoms with Crippen molar-refractivity contribution in [3.8, 4) is 12.0 Å². The van der Waals surface area contributed by atoms with Crippen LogP contribution in [0.1, 0.15) is 16.0 Å². The van der Waals surface area contributed by atoms with Crippen molar-refractivity contribution in [1.82, 2.24) is 4.31 Å². The van der Waals surface area contributed by atoms with E-state index >= 15 is 0 Å². The van der Waals surface area contributed by atoms with Gasteiger partial charge in [0.2, 0.25) is 0 Å². The third-order valence-corrected chi connectivity index (χ3v) is 6.06.